The van der Waals surface area contributed by atoms with E-state index in [-0.39, 0.29) is 18.1 Å². The second-order valence-electron chi connectivity index (χ2n) is 7.17. The first kappa shape index (κ1) is 21.1. The molecule has 1 aliphatic carbocycles. The van der Waals surface area contributed by atoms with E-state index in [0.29, 0.717) is 16.1 Å². The highest BCUT2D eigenvalue weighted by Gasteiger charge is 2.22. The number of rotatable bonds is 6. The summed E-state index contributed by atoms with van der Waals surface area (Å²) in [7, 11) is 0. The van der Waals surface area contributed by atoms with Gasteiger partial charge in [-0.05, 0) is 31.9 Å². The van der Waals surface area contributed by atoms with E-state index in [1.807, 2.05) is 6.07 Å². The number of nitrogens with one attached hydrogen (secondary N) is 2. The summed E-state index contributed by atoms with van der Waals surface area (Å²) in [6.45, 7) is 5.67. The van der Waals surface area contributed by atoms with E-state index in [2.05, 4.69) is 22.2 Å². The molecule has 1 aromatic carbocycles. The second kappa shape index (κ2) is 9.73. The molecule has 1 aromatic heterocycles. The maximum absolute atomic E-state index is 12.8. The van der Waals surface area contributed by atoms with Gasteiger partial charge >= 0.3 is 6.03 Å². The fraction of sp³-hybridized carbons (Fsp3) is 0.429. The van der Waals surface area contributed by atoms with Gasteiger partial charge in [-0.25, -0.2) is 9.78 Å². The van der Waals surface area contributed by atoms with Crippen molar-refractivity contribution in [3.05, 3.63) is 47.3 Å². The highest BCUT2D eigenvalue weighted by Crippen LogP contribution is 2.23. The predicted octanol–water partition coefficient (Wildman–Crippen LogP) is 3.22. The molecule has 0 unspecified atom stereocenters. The van der Waals surface area contributed by atoms with E-state index in [4.69, 9.17) is 0 Å². The summed E-state index contributed by atoms with van der Waals surface area (Å²) in [5.41, 5.74) is 0.392. The standard InChI is InChI=1S/C21H26N4O3S/c1-3-13-25-19(27)16-11-7-8-12-17(16)23-21(25)29-14(2)18(26)24-20(28)22-15-9-5-4-6-10-15/h3,7-8,11-12,14-15H,1,4-6,9-10,13H2,2H3,(H2,22,24,26,28)/t14-/m1/s1. The Labute approximate surface area is 174 Å². The number of thioether (sulfide) groups is 1. The molecule has 1 saturated carbocycles. The highest BCUT2D eigenvalue weighted by molar-refractivity contribution is 8.00. The maximum atomic E-state index is 12.8. The Hall–Kier alpha value is -2.61. The molecule has 3 rings (SSSR count). The molecule has 0 radical (unpaired) electrons. The zero-order valence-corrected chi connectivity index (χ0v) is 17.3. The Balaban J connectivity index is 1.71. The third kappa shape index (κ3) is 5.26. The molecule has 8 heteroatoms. The highest BCUT2D eigenvalue weighted by atomic mass is 32.2. The third-order valence-corrected chi connectivity index (χ3v) is 6.06. The van der Waals surface area contributed by atoms with Gasteiger partial charge in [-0.2, -0.15) is 0 Å². The fourth-order valence-electron chi connectivity index (χ4n) is 3.42. The average Bonchev–Trinajstić information content (AvgIpc) is 2.71. The lowest BCUT2D eigenvalue weighted by molar-refractivity contribution is -0.119. The lowest BCUT2D eigenvalue weighted by Crippen LogP contribution is -2.47. The number of imide groups is 1. The smallest absolute Gasteiger partial charge is 0.321 e. The zero-order chi connectivity index (χ0) is 20.8. The molecule has 154 valence electrons. The number of aromatic nitrogens is 2. The van der Waals surface area contributed by atoms with Gasteiger partial charge in [0.15, 0.2) is 5.16 Å². The van der Waals surface area contributed by atoms with E-state index < -0.39 is 17.2 Å². The van der Waals surface area contributed by atoms with Crippen LogP contribution in [0.1, 0.15) is 39.0 Å². The molecule has 1 fully saturated rings. The van der Waals surface area contributed by atoms with Crippen LogP contribution in [0.15, 0.2) is 46.9 Å². The summed E-state index contributed by atoms with van der Waals surface area (Å²) in [5.74, 6) is -0.420. The van der Waals surface area contributed by atoms with Gasteiger partial charge < -0.3 is 5.32 Å². The van der Waals surface area contributed by atoms with Crippen LogP contribution in [-0.2, 0) is 11.3 Å². The van der Waals surface area contributed by atoms with Gasteiger partial charge in [-0.15, -0.1) is 6.58 Å². The first-order valence-corrected chi connectivity index (χ1v) is 10.8. The molecule has 1 heterocycles. The van der Waals surface area contributed by atoms with E-state index in [1.54, 1.807) is 31.2 Å². The molecule has 0 saturated heterocycles. The lowest BCUT2D eigenvalue weighted by Gasteiger charge is -2.23. The summed E-state index contributed by atoms with van der Waals surface area (Å²) in [6, 6.07) is 6.75. The average molecular weight is 415 g/mol. The van der Waals surface area contributed by atoms with Crippen molar-refractivity contribution in [1.82, 2.24) is 20.2 Å². The maximum Gasteiger partial charge on any atom is 0.321 e. The number of fused-ring (bicyclic) bond motifs is 1. The number of benzene rings is 1. The Morgan fingerprint density at radius 1 is 1.31 bits per heavy atom. The minimum absolute atomic E-state index is 0.124. The van der Waals surface area contributed by atoms with Gasteiger partial charge in [0.2, 0.25) is 5.91 Å². The molecular weight excluding hydrogens is 388 g/mol. The molecule has 0 bridgehead atoms. The summed E-state index contributed by atoms with van der Waals surface area (Å²) >= 11 is 1.15. The Bertz CT molecular complexity index is 966. The number of allylic oxidation sites excluding steroid dienone is 1. The van der Waals surface area contributed by atoms with Crippen LogP contribution in [0, 0.1) is 0 Å². The van der Waals surface area contributed by atoms with Crippen molar-refractivity contribution < 1.29 is 9.59 Å². The fourth-order valence-corrected chi connectivity index (χ4v) is 4.34. The summed E-state index contributed by atoms with van der Waals surface area (Å²) in [5, 5.41) is 5.61. The number of carbonyl (C=O) groups excluding carboxylic acids is 2. The number of urea groups is 1. The summed E-state index contributed by atoms with van der Waals surface area (Å²) < 4.78 is 1.49. The Kier molecular flexibility index (Phi) is 7.09. The van der Waals surface area contributed by atoms with Crippen molar-refractivity contribution in [2.75, 3.05) is 0 Å². The van der Waals surface area contributed by atoms with Crippen LogP contribution in [-0.4, -0.2) is 32.8 Å². The number of carbonyl (C=O) groups is 2. The van der Waals surface area contributed by atoms with Crippen molar-refractivity contribution in [3.8, 4) is 0 Å². The molecule has 29 heavy (non-hydrogen) atoms. The molecule has 2 N–H and O–H groups in total. The first-order chi connectivity index (χ1) is 14.0. The van der Waals surface area contributed by atoms with Crippen LogP contribution in [0.25, 0.3) is 10.9 Å². The monoisotopic (exact) mass is 414 g/mol. The molecule has 1 atom stereocenters. The summed E-state index contributed by atoms with van der Waals surface area (Å²) in [6.07, 6.45) is 6.89. The first-order valence-electron chi connectivity index (χ1n) is 9.88. The van der Waals surface area contributed by atoms with E-state index >= 15 is 0 Å². The molecular formula is C21H26N4O3S. The minimum atomic E-state index is -0.601. The topological polar surface area (TPSA) is 93.1 Å². The normalized spacial score (nSPS) is 15.6. The molecule has 3 amide bonds. The SMILES string of the molecule is C=CCn1c(S[C@H](C)C(=O)NC(=O)NC2CCCCC2)nc2ccccc2c1=O. The zero-order valence-electron chi connectivity index (χ0n) is 16.5. The van der Waals surface area contributed by atoms with Gasteiger partial charge in [-0.1, -0.05) is 49.2 Å². The van der Waals surface area contributed by atoms with Gasteiger partial charge in [0.25, 0.3) is 5.56 Å². The van der Waals surface area contributed by atoms with Crippen LogP contribution in [0.4, 0.5) is 4.79 Å². The molecule has 7 nitrogen and oxygen atoms in total. The molecule has 0 aliphatic heterocycles. The van der Waals surface area contributed by atoms with Crippen molar-refractivity contribution in [2.45, 2.75) is 62.0 Å². The quantitative estimate of drug-likeness (QED) is 0.430. The van der Waals surface area contributed by atoms with Crippen LogP contribution >= 0.6 is 11.8 Å². The van der Waals surface area contributed by atoms with Crippen LogP contribution in [0.3, 0.4) is 0 Å². The van der Waals surface area contributed by atoms with E-state index in [0.717, 1.165) is 37.4 Å². The third-order valence-electron chi connectivity index (χ3n) is 4.97. The summed E-state index contributed by atoms with van der Waals surface area (Å²) in [4.78, 5) is 42.0. The number of amides is 3. The Morgan fingerprint density at radius 2 is 2.03 bits per heavy atom. The van der Waals surface area contributed by atoms with Crippen molar-refractivity contribution in [2.24, 2.45) is 0 Å². The molecule has 2 aromatic rings. The number of nitrogens with zero attached hydrogens (tertiary/aromatic N) is 2. The second-order valence-corrected chi connectivity index (χ2v) is 8.48. The van der Waals surface area contributed by atoms with Crippen molar-refractivity contribution in [1.29, 1.82) is 0 Å². The molecule has 0 spiro atoms. The number of hydrogen-bond donors (Lipinski definition) is 2. The van der Waals surface area contributed by atoms with Gasteiger partial charge in [-0.3, -0.25) is 19.5 Å². The number of para-hydroxylation sites is 1. The van der Waals surface area contributed by atoms with Gasteiger partial charge in [0.05, 0.1) is 16.2 Å². The van der Waals surface area contributed by atoms with Crippen molar-refractivity contribution >= 4 is 34.6 Å². The minimum Gasteiger partial charge on any atom is -0.335 e. The largest absolute Gasteiger partial charge is 0.335 e. The van der Waals surface area contributed by atoms with E-state index in [9.17, 15) is 14.4 Å². The van der Waals surface area contributed by atoms with Crippen LogP contribution in [0.5, 0.6) is 0 Å². The Morgan fingerprint density at radius 3 is 2.76 bits per heavy atom. The lowest BCUT2D eigenvalue weighted by atomic mass is 9.96. The van der Waals surface area contributed by atoms with E-state index in [1.165, 1.54) is 11.0 Å². The van der Waals surface area contributed by atoms with Crippen molar-refractivity contribution in [3.63, 3.8) is 0 Å². The van der Waals surface area contributed by atoms with Gasteiger partial charge in [0, 0.05) is 12.6 Å². The molecule has 1 aliphatic rings. The predicted molar refractivity (Wildman–Crippen MR) is 115 cm³/mol. The number of hydrogen-bond acceptors (Lipinski definition) is 5. The van der Waals surface area contributed by atoms with Gasteiger partial charge in [0.1, 0.15) is 0 Å². The van der Waals surface area contributed by atoms with Crippen LogP contribution in [0.2, 0.25) is 0 Å². The van der Waals surface area contributed by atoms with Crippen LogP contribution < -0.4 is 16.2 Å².